The predicted molar refractivity (Wildman–Crippen MR) is 91.7 cm³/mol. The third kappa shape index (κ3) is 3.45. The van der Waals surface area contributed by atoms with Gasteiger partial charge < -0.3 is 10.2 Å². The largest absolute Gasteiger partial charge is 0.322 e. The number of amides is 2. The van der Waals surface area contributed by atoms with Gasteiger partial charge in [0.05, 0.1) is 0 Å². The summed E-state index contributed by atoms with van der Waals surface area (Å²) < 4.78 is 13.2. The third-order valence-electron chi connectivity index (χ3n) is 4.17. The smallest absolute Gasteiger partial charge is 0.255 e. The number of halogens is 1. The van der Waals surface area contributed by atoms with Crippen molar-refractivity contribution in [2.75, 3.05) is 16.8 Å². The van der Waals surface area contributed by atoms with E-state index in [-0.39, 0.29) is 17.4 Å². The molecule has 5 heteroatoms. The average molecular weight is 326 g/mol. The van der Waals surface area contributed by atoms with Gasteiger partial charge in [-0.05, 0) is 55.7 Å². The van der Waals surface area contributed by atoms with Crippen LogP contribution in [-0.2, 0) is 4.79 Å². The minimum Gasteiger partial charge on any atom is -0.322 e. The lowest BCUT2D eigenvalue weighted by Gasteiger charge is -2.28. The molecule has 1 heterocycles. The van der Waals surface area contributed by atoms with Crippen LogP contribution in [0.3, 0.4) is 0 Å². The Hall–Kier alpha value is -2.69. The normalized spacial score (nSPS) is 14.6. The maximum Gasteiger partial charge on any atom is 0.255 e. The number of aryl methyl sites for hydroxylation is 1. The van der Waals surface area contributed by atoms with Crippen LogP contribution in [0.25, 0.3) is 0 Å². The van der Waals surface area contributed by atoms with Crippen molar-refractivity contribution < 1.29 is 14.0 Å². The summed E-state index contributed by atoms with van der Waals surface area (Å²) in [6.45, 7) is 2.64. The number of anilines is 2. The molecule has 1 N–H and O–H groups in total. The SMILES string of the molecule is Cc1ccc(NC(=O)c2cccc(F)c2)cc1N1CCCCC1=O. The Morgan fingerprint density at radius 3 is 2.75 bits per heavy atom. The fourth-order valence-electron chi connectivity index (χ4n) is 2.87. The van der Waals surface area contributed by atoms with Crippen LogP contribution in [0.1, 0.15) is 35.2 Å². The Morgan fingerprint density at radius 1 is 1.17 bits per heavy atom. The Morgan fingerprint density at radius 2 is 2.00 bits per heavy atom. The van der Waals surface area contributed by atoms with Crippen LogP contribution in [-0.4, -0.2) is 18.4 Å². The van der Waals surface area contributed by atoms with Crippen LogP contribution in [0.2, 0.25) is 0 Å². The second-order valence-electron chi connectivity index (χ2n) is 5.97. The van der Waals surface area contributed by atoms with E-state index in [9.17, 15) is 14.0 Å². The number of hydrogen-bond acceptors (Lipinski definition) is 2. The summed E-state index contributed by atoms with van der Waals surface area (Å²) in [5, 5.41) is 2.76. The topological polar surface area (TPSA) is 49.4 Å². The first-order valence-electron chi connectivity index (χ1n) is 8.02. The van der Waals surface area contributed by atoms with Gasteiger partial charge in [-0.25, -0.2) is 4.39 Å². The average Bonchev–Trinajstić information content (AvgIpc) is 2.57. The quantitative estimate of drug-likeness (QED) is 0.930. The number of carbonyl (C=O) groups is 2. The van der Waals surface area contributed by atoms with E-state index in [0.29, 0.717) is 18.7 Å². The summed E-state index contributed by atoms with van der Waals surface area (Å²) in [4.78, 5) is 26.2. The molecule has 0 bridgehead atoms. The number of rotatable bonds is 3. The molecular formula is C19H19FN2O2. The highest BCUT2D eigenvalue weighted by Crippen LogP contribution is 2.28. The number of piperidine rings is 1. The lowest BCUT2D eigenvalue weighted by Crippen LogP contribution is -2.35. The van der Waals surface area contributed by atoms with Gasteiger partial charge in [-0.3, -0.25) is 9.59 Å². The second-order valence-corrected chi connectivity index (χ2v) is 5.97. The number of carbonyl (C=O) groups excluding carboxylic acids is 2. The third-order valence-corrected chi connectivity index (χ3v) is 4.17. The molecule has 1 saturated heterocycles. The van der Waals surface area contributed by atoms with Gasteiger partial charge in [-0.2, -0.15) is 0 Å². The molecule has 1 fully saturated rings. The monoisotopic (exact) mass is 326 g/mol. The van der Waals surface area contributed by atoms with Gasteiger partial charge in [0.25, 0.3) is 5.91 Å². The first kappa shape index (κ1) is 16.2. The number of benzene rings is 2. The van der Waals surface area contributed by atoms with Gasteiger partial charge in [-0.15, -0.1) is 0 Å². The van der Waals surface area contributed by atoms with Crippen LogP contribution >= 0.6 is 0 Å². The highest BCUT2D eigenvalue weighted by Gasteiger charge is 2.21. The molecule has 24 heavy (non-hydrogen) atoms. The van der Waals surface area contributed by atoms with E-state index >= 15 is 0 Å². The van der Waals surface area contributed by atoms with Crippen LogP contribution < -0.4 is 10.2 Å². The molecule has 0 radical (unpaired) electrons. The maximum absolute atomic E-state index is 13.2. The summed E-state index contributed by atoms with van der Waals surface area (Å²) in [5.41, 5.74) is 2.64. The number of hydrogen-bond donors (Lipinski definition) is 1. The van der Waals surface area contributed by atoms with Crippen LogP contribution in [0.4, 0.5) is 15.8 Å². The van der Waals surface area contributed by atoms with E-state index < -0.39 is 5.82 Å². The molecule has 0 spiro atoms. The molecule has 0 aromatic heterocycles. The minimum absolute atomic E-state index is 0.109. The van der Waals surface area contributed by atoms with Gasteiger partial charge in [-0.1, -0.05) is 12.1 Å². The first-order valence-corrected chi connectivity index (χ1v) is 8.02. The van der Waals surface area contributed by atoms with Crippen LogP contribution in [0.5, 0.6) is 0 Å². The molecule has 0 unspecified atom stereocenters. The van der Waals surface area contributed by atoms with Gasteiger partial charge in [0.15, 0.2) is 0 Å². The molecule has 0 saturated carbocycles. The first-order chi connectivity index (χ1) is 11.5. The van der Waals surface area contributed by atoms with E-state index in [1.54, 1.807) is 23.1 Å². The van der Waals surface area contributed by atoms with Gasteiger partial charge in [0.2, 0.25) is 5.91 Å². The molecule has 2 aromatic rings. The highest BCUT2D eigenvalue weighted by atomic mass is 19.1. The molecule has 1 aliphatic rings. The lowest BCUT2D eigenvalue weighted by atomic mass is 10.1. The van der Waals surface area contributed by atoms with Crippen molar-refractivity contribution >= 4 is 23.2 Å². The summed E-state index contributed by atoms with van der Waals surface area (Å²) in [5.74, 6) is -0.724. The highest BCUT2D eigenvalue weighted by molar-refractivity contribution is 6.05. The van der Waals surface area contributed by atoms with E-state index in [4.69, 9.17) is 0 Å². The summed E-state index contributed by atoms with van der Waals surface area (Å²) >= 11 is 0. The van der Waals surface area contributed by atoms with Crippen LogP contribution in [0, 0.1) is 12.7 Å². The van der Waals surface area contributed by atoms with Gasteiger partial charge >= 0.3 is 0 Å². The van der Waals surface area contributed by atoms with Gasteiger partial charge in [0.1, 0.15) is 5.82 Å². The Labute approximate surface area is 140 Å². The lowest BCUT2D eigenvalue weighted by molar-refractivity contribution is -0.119. The van der Waals surface area contributed by atoms with E-state index in [1.165, 1.54) is 18.2 Å². The molecule has 2 amide bonds. The molecule has 0 aliphatic carbocycles. The summed E-state index contributed by atoms with van der Waals surface area (Å²) in [7, 11) is 0. The second kappa shape index (κ2) is 6.83. The Balaban J connectivity index is 1.83. The maximum atomic E-state index is 13.2. The Kier molecular flexibility index (Phi) is 4.60. The Bertz CT molecular complexity index is 789. The molecule has 2 aromatic carbocycles. The zero-order valence-corrected chi connectivity index (χ0v) is 13.5. The van der Waals surface area contributed by atoms with Crippen molar-refractivity contribution in [2.24, 2.45) is 0 Å². The summed E-state index contributed by atoms with van der Waals surface area (Å²) in [6, 6.07) is 11.0. The fraction of sp³-hybridized carbons (Fsp3) is 0.263. The van der Waals surface area contributed by atoms with Crippen molar-refractivity contribution in [3.63, 3.8) is 0 Å². The zero-order valence-electron chi connectivity index (χ0n) is 13.5. The van der Waals surface area contributed by atoms with Crippen molar-refractivity contribution in [3.8, 4) is 0 Å². The van der Waals surface area contributed by atoms with E-state index in [0.717, 1.165) is 24.1 Å². The van der Waals surface area contributed by atoms with Crippen molar-refractivity contribution in [2.45, 2.75) is 26.2 Å². The molecule has 3 rings (SSSR count). The summed E-state index contributed by atoms with van der Waals surface area (Å²) in [6.07, 6.45) is 2.45. The van der Waals surface area contributed by atoms with E-state index in [2.05, 4.69) is 5.32 Å². The van der Waals surface area contributed by atoms with E-state index in [1.807, 2.05) is 13.0 Å². The number of nitrogens with one attached hydrogen (secondary N) is 1. The predicted octanol–water partition coefficient (Wildman–Crippen LogP) is 3.90. The standard InChI is InChI=1S/C19H19FN2O2/c1-13-8-9-16(12-17(13)22-10-3-2-7-18(22)23)21-19(24)14-5-4-6-15(20)11-14/h4-6,8-9,11-12H,2-3,7,10H2,1H3,(H,21,24). The molecule has 0 atom stereocenters. The van der Waals surface area contributed by atoms with Crippen LogP contribution in [0.15, 0.2) is 42.5 Å². The minimum atomic E-state index is -0.453. The van der Waals surface area contributed by atoms with Crippen molar-refractivity contribution in [3.05, 3.63) is 59.4 Å². The molecular weight excluding hydrogens is 307 g/mol. The van der Waals surface area contributed by atoms with Crippen molar-refractivity contribution in [1.82, 2.24) is 0 Å². The molecule has 1 aliphatic heterocycles. The van der Waals surface area contributed by atoms with Crippen molar-refractivity contribution in [1.29, 1.82) is 0 Å². The fourth-order valence-corrected chi connectivity index (χ4v) is 2.87. The molecule has 124 valence electrons. The molecule has 4 nitrogen and oxygen atoms in total. The number of nitrogens with zero attached hydrogens (tertiary/aromatic N) is 1. The zero-order chi connectivity index (χ0) is 17.1. The van der Waals surface area contributed by atoms with Gasteiger partial charge in [0, 0.05) is 29.9 Å².